The van der Waals surface area contributed by atoms with Crippen LogP contribution in [0.25, 0.3) is 0 Å². The van der Waals surface area contributed by atoms with E-state index in [1.807, 2.05) is 11.8 Å². The molecule has 0 aliphatic carbocycles. The van der Waals surface area contributed by atoms with E-state index in [2.05, 4.69) is 5.32 Å². The van der Waals surface area contributed by atoms with Gasteiger partial charge in [0.05, 0.1) is 0 Å². The predicted molar refractivity (Wildman–Crippen MR) is 57.7 cm³/mol. The fraction of sp³-hybridized carbons (Fsp3) is 0.900. The third-order valence-corrected chi connectivity index (χ3v) is 5.09. The summed E-state index contributed by atoms with van der Waals surface area (Å²) in [6, 6.07) is 0. The minimum absolute atomic E-state index is 0.363. The minimum Gasteiger partial charge on any atom is -0.481 e. The molecule has 0 bridgehead atoms. The van der Waals surface area contributed by atoms with E-state index in [0.29, 0.717) is 17.1 Å². The highest BCUT2D eigenvalue weighted by molar-refractivity contribution is 8.00. The van der Waals surface area contributed by atoms with Gasteiger partial charge < -0.3 is 10.4 Å². The van der Waals surface area contributed by atoms with E-state index >= 15 is 0 Å². The first kappa shape index (κ1) is 10.3. The zero-order valence-electron chi connectivity index (χ0n) is 8.29. The molecule has 2 aliphatic heterocycles. The number of rotatable bonds is 2. The highest BCUT2D eigenvalue weighted by atomic mass is 32.2. The number of carboxylic acid groups (broad SMARTS) is 1. The van der Waals surface area contributed by atoms with Gasteiger partial charge >= 0.3 is 5.97 Å². The van der Waals surface area contributed by atoms with Gasteiger partial charge in [0.1, 0.15) is 0 Å². The molecule has 2 aliphatic rings. The van der Waals surface area contributed by atoms with Crippen molar-refractivity contribution < 1.29 is 9.90 Å². The van der Waals surface area contributed by atoms with Crippen molar-refractivity contribution in [3.63, 3.8) is 0 Å². The van der Waals surface area contributed by atoms with Gasteiger partial charge in [-0.25, -0.2) is 0 Å². The van der Waals surface area contributed by atoms with Gasteiger partial charge in [0, 0.05) is 11.2 Å². The molecule has 0 aromatic heterocycles. The van der Waals surface area contributed by atoms with Crippen LogP contribution >= 0.6 is 11.8 Å². The lowest BCUT2D eigenvalue weighted by Crippen LogP contribution is -2.38. The topological polar surface area (TPSA) is 49.3 Å². The van der Waals surface area contributed by atoms with Crippen molar-refractivity contribution in [3.8, 4) is 0 Å². The summed E-state index contributed by atoms with van der Waals surface area (Å²) in [5, 5.41) is 12.1. The summed E-state index contributed by atoms with van der Waals surface area (Å²) in [6.07, 6.45) is 3.91. The Labute approximate surface area is 88.6 Å². The molecule has 3 nitrogen and oxygen atoms in total. The maximum absolute atomic E-state index is 10.6. The zero-order chi connectivity index (χ0) is 10.0. The summed E-state index contributed by atoms with van der Waals surface area (Å²) < 4.78 is 0.422. The van der Waals surface area contributed by atoms with E-state index < -0.39 is 5.97 Å². The standard InChI is InChI=1S/C10H17NO2S/c12-9(13)5-8-6-10(14-7-8)1-3-11-4-2-10/h8,11H,1-7H2,(H,12,13). The number of hydrogen-bond donors (Lipinski definition) is 2. The van der Waals surface area contributed by atoms with Crippen molar-refractivity contribution in [2.75, 3.05) is 18.8 Å². The number of hydrogen-bond acceptors (Lipinski definition) is 3. The fourth-order valence-corrected chi connectivity index (χ4v) is 4.22. The first-order chi connectivity index (χ1) is 6.70. The van der Waals surface area contributed by atoms with Crippen LogP contribution in [0.1, 0.15) is 25.7 Å². The second-order valence-corrected chi connectivity index (χ2v) is 5.90. The van der Waals surface area contributed by atoms with Gasteiger partial charge in [-0.15, -0.1) is 0 Å². The lowest BCUT2D eigenvalue weighted by Gasteiger charge is -2.33. The summed E-state index contributed by atoms with van der Waals surface area (Å²) >= 11 is 2.01. The van der Waals surface area contributed by atoms with Crippen LogP contribution < -0.4 is 5.32 Å². The van der Waals surface area contributed by atoms with Crippen LogP contribution in [-0.4, -0.2) is 34.7 Å². The summed E-state index contributed by atoms with van der Waals surface area (Å²) in [5.41, 5.74) is 0. The minimum atomic E-state index is -0.637. The van der Waals surface area contributed by atoms with Gasteiger partial charge in [-0.1, -0.05) is 0 Å². The Bertz CT molecular complexity index is 226. The molecular formula is C10H17NO2S. The van der Waals surface area contributed by atoms with E-state index in [0.717, 1.165) is 25.3 Å². The molecule has 0 amide bonds. The van der Waals surface area contributed by atoms with Crippen molar-refractivity contribution in [2.45, 2.75) is 30.4 Å². The highest BCUT2D eigenvalue weighted by Crippen LogP contribution is 2.47. The molecule has 2 fully saturated rings. The maximum Gasteiger partial charge on any atom is 0.303 e. The number of piperidine rings is 1. The van der Waals surface area contributed by atoms with Gasteiger partial charge in [-0.05, 0) is 44.0 Å². The molecule has 2 heterocycles. The Kier molecular flexibility index (Phi) is 3.02. The molecule has 1 unspecified atom stereocenters. The van der Waals surface area contributed by atoms with Crippen molar-refractivity contribution in [3.05, 3.63) is 0 Å². The van der Waals surface area contributed by atoms with E-state index in [1.54, 1.807) is 0 Å². The molecule has 0 aromatic rings. The quantitative estimate of drug-likeness (QED) is 0.730. The van der Waals surface area contributed by atoms with Gasteiger partial charge in [0.15, 0.2) is 0 Å². The predicted octanol–water partition coefficient (Wildman–Crippen LogP) is 1.34. The van der Waals surface area contributed by atoms with Crippen LogP contribution in [0.5, 0.6) is 0 Å². The van der Waals surface area contributed by atoms with Crippen LogP contribution in [0.4, 0.5) is 0 Å². The Balaban J connectivity index is 1.89. The molecule has 1 atom stereocenters. The first-order valence-electron chi connectivity index (χ1n) is 5.27. The normalized spacial score (nSPS) is 30.7. The summed E-state index contributed by atoms with van der Waals surface area (Å²) in [7, 11) is 0. The summed E-state index contributed by atoms with van der Waals surface area (Å²) in [5.74, 6) is 0.823. The molecular weight excluding hydrogens is 198 g/mol. The van der Waals surface area contributed by atoms with Crippen molar-refractivity contribution >= 4 is 17.7 Å². The molecule has 1 spiro atoms. The van der Waals surface area contributed by atoms with Gasteiger partial charge in [0.25, 0.3) is 0 Å². The summed E-state index contributed by atoms with van der Waals surface area (Å²) in [6.45, 7) is 2.21. The van der Waals surface area contributed by atoms with E-state index in [4.69, 9.17) is 5.11 Å². The molecule has 4 heteroatoms. The van der Waals surface area contributed by atoms with E-state index in [1.165, 1.54) is 12.8 Å². The lowest BCUT2D eigenvalue weighted by molar-refractivity contribution is -0.137. The van der Waals surface area contributed by atoms with Crippen LogP contribution in [0.15, 0.2) is 0 Å². The van der Waals surface area contributed by atoms with E-state index in [-0.39, 0.29) is 0 Å². The number of aliphatic carboxylic acids is 1. The molecule has 2 N–H and O–H groups in total. The molecule has 0 saturated carbocycles. The maximum atomic E-state index is 10.6. The molecule has 2 rings (SSSR count). The number of carboxylic acids is 1. The second-order valence-electron chi connectivity index (χ2n) is 4.41. The van der Waals surface area contributed by atoms with Crippen LogP contribution in [0, 0.1) is 5.92 Å². The molecule has 0 radical (unpaired) electrons. The zero-order valence-corrected chi connectivity index (χ0v) is 9.11. The highest BCUT2D eigenvalue weighted by Gasteiger charge is 2.40. The Morgan fingerprint density at radius 3 is 2.86 bits per heavy atom. The van der Waals surface area contributed by atoms with Gasteiger partial charge in [-0.3, -0.25) is 4.79 Å². The average Bonchev–Trinajstić information content (AvgIpc) is 2.49. The van der Waals surface area contributed by atoms with Gasteiger partial charge in [0.2, 0.25) is 0 Å². The van der Waals surface area contributed by atoms with Crippen LogP contribution in [0.2, 0.25) is 0 Å². The Morgan fingerprint density at radius 2 is 2.21 bits per heavy atom. The fourth-order valence-electron chi connectivity index (χ4n) is 2.55. The number of carbonyl (C=O) groups is 1. The third kappa shape index (κ3) is 2.23. The largest absolute Gasteiger partial charge is 0.481 e. The third-order valence-electron chi connectivity index (χ3n) is 3.26. The molecule has 2 saturated heterocycles. The Morgan fingerprint density at radius 1 is 1.50 bits per heavy atom. The average molecular weight is 215 g/mol. The van der Waals surface area contributed by atoms with E-state index in [9.17, 15) is 4.79 Å². The van der Waals surface area contributed by atoms with Crippen molar-refractivity contribution in [2.24, 2.45) is 5.92 Å². The Hall–Kier alpha value is -0.220. The molecule has 0 aromatic carbocycles. The van der Waals surface area contributed by atoms with Gasteiger partial charge in [-0.2, -0.15) is 11.8 Å². The SMILES string of the molecule is O=C(O)CC1CSC2(CCNCC2)C1. The first-order valence-corrected chi connectivity index (χ1v) is 6.25. The second kappa shape index (κ2) is 4.11. The number of thioether (sulfide) groups is 1. The monoisotopic (exact) mass is 215 g/mol. The molecule has 80 valence electrons. The molecule has 14 heavy (non-hydrogen) atoms. The van der Waals surface area contributed by atoms with Crippen LogP contribution in [-0.2, 0) is 4.79 Å². The lowest BCUT2D eigenvalue weighted by atomic mass is 9.87. The summed E-state index contributed by atoms with van der Waals surface area (Å²) in [4.78, 5) is 10.6. The van der Waals surface area contributed by atoms with Crippen molar-refractivity contribution in [1.29, 1.82) is 0 Å². The smallest absolute Gasteiger partial charge is 0.303 e. The van der Waals surface area contributed by atoms with Crippen LogP contribution in [0.3, 0.4) is 0 Å². The van der Waals surface area contributed by atoms with Crippen molar-refractivity contribution in [1.82, 2.24) is 5.32 Å². The number of nitrogens with one attached hydrogen (secondary N) is 1.